The quantitative estimate of drug-likeness (QED) is 0.726. The summed E-state index contributed by atoms with van der Waals surface area (Å²) in [7, 11) is 0. The first-order valence-electron chi connectivity index (χ1n) is 8.09. The van der Waals surface area contributed by atoms with Crippen LogP contribution in [0, 0.1) is 6.92 Å². The van der Waals surface area contributed by atoms with Gasteiger partial charge in [-0.3, -0.25) is 4.90 Å². The second-order valence-corrected chi connectivity index (χ2v) is 6.19. The van der Waals surface area contributed by atoms with Crippen LogP contribution in [0.3, 0.4) is 0 Å². The Hall–Kier alpha value is -2.39. The molecule has 1 aliphatic heterocycles. The van der Waals surface area contributed by atoms with Gasteiger partial charge in [-0.1, -0.05) is 42.5 Å². The van der Waals surface area contributed by atoms with Crippen molar-refractivity contribution in [2.75, 3.05) is 6.54 Å². The van der Waals surface area contributed by atoms with Crippen LogP contribution in [-0.4, -0.2) is 16.4 Å². The zero-order valence-electron chi connectivity index (χ0n) is 13.3. The molecule has 3 heteroatoms. The highest BCUT2D eigenvalue weighted by molar-refractivity contribution is 5.58. The van der Waals surface area contributed by atoms with Crippen LogP contribution in [0.2, 0.25) is 0 Å². The summed E-state index contributed by atoms with van der Waals surface area (Å²) in [6.45, 7) is 4.98. The van der Waals surface area contributed by atoms with Gasteiger partial charge >= 0.3 is 0 Å². The van der Waals surface area contributed by atoms with Gasteiger partial charge in [-0.05, 0) is 36.1 Å². The lowest BCUT2D eigenvalue weighted by atomic mass is 10.00. The minimum atomic E-state index is 0.718. The zero-order chi connectivity index (χ0) is 15.6. The predicted molar refractivity (Wildman–Crippen MR) is 90.9 cm³/mol. The SMILES string of the molecule is Cc1ccccc1-c1nc(CN2CCc3ccccc3C2)co1. The molecule has 3 nitrogen and oxygen atoms in total. The summed E-state index contributed by atoms with van der Waals surface area (Å²) in [5.74, 6) is 0.718. The highest BCUT2D eigenvalue weighted by Crippen LogP contribution is 2.24. The van der Waals surface area contributed by atoms with Gasteiger partial charge < -0.3 is 4.42 Å². The topological polar surface area (TPSA) is 29.3 Å². The fraction of sp³-hybridized carbons (Fsp3) is 0.250. The van der Waals surface area contributed by atoms with Crippen LogP contribution in [0.5, 0.6) is 0 Å². The third-order valence-electron chi connectivity index (χ3n) is 4.52. The third kappa shape index (κ3) is 2.92. The normalized spacial score (nSPS) is 14.7. The Labute approximate surface area is 136 Å². The fourth-order valence-corrected chi connectivity index (χ4v) is 3.23. The predicted octanol–water partition coefficient (Wildman–Crippen LogP) is 4.21. The van der Waals surface area contributed by atoms with Crippen LogP contribution in [0.25, 0.3) is 11.5 Å². The molecule has 0 amide bonds. The molecule has 0 fully saturated rings. The first kappa shape index (κ1) is 14.2. The highest BCUT2D eigenvalue weighted by Gasteiger charge is 2.17. The van der Waals surface area contributed by atoms with E-state index in [9.17, 15) is 0 Å². The molecular formula is C20H20N2O. The lowest BCUT2D eigenvalue weighted by Gasteiger charge is -2.27. The van der Waals surface area contributed by atoms with Gasteiger partial charge in [0.1, 0.15) is 6.26 Å². The van der Waals surface area contributed by atoms with Crippen LogP contribution in [-0.2, 0) is 19.5 Å². The molecule has 0 bridgehead atoms. The molecule has 0 atom stereocenters. The molecule has 1 aromatic heterocycles. The lowest BCUT2D eigenvalue weighted by molar-refractivity contribution is 0.242. The second kappa shape index (κ2) is 6.01. The number of fused-ring (bicyclic) bond motifs is 1. The Morgan fingerprint density at radius 2 is 1.83 bits per heavy atom. The van der Waals surface area contributed by atoms with E-state index < -0.39 is 0 Å². The number of hydrogen-bond acceptors (Lipinski definition) is 3. The van der Waals surface area contributed by atoms with E-state index in [1.54, 1.807) is 6.26 Å². The van der Waals surface area contributed by atoms with E-state index in [1.165, 1.54) is 16.7 Å². The fourth-order valence-electron chi connectivity index (χ4n) is 3.23. The molecule has 4 rings (SSSR count). The monoisotopic (exact) mass is 304 g/mol. The summed E-state index contributed by atoms with van der Waals surface area (Å²) in [5.41, 5.74) is 6.17. The van der Waals surface area contributed by atoms with Crippen molar-refractivity contribution in [1.82, 2.24) is 9.88 Å². The Kier molecular flexibility index (Phi) is 3.72. The maximum absolute atomic E-state index is 5.70. The zero-order valence-corrected chi connectivity index (χ0v) is 13.3. The first-order valence-corrected chi connectivity index (χ1v) is 8.09. The standard InChI is InChI=1S/C20H20N2O/c1-15-6-2-5-9-19(15)20-21-18(14-23-20)13-22-11-10-16-7-3-4-8-17(16)12-22/h2-9,14H,10-13H2,1H3. The van der Waals surface area contributed by atoms with Gasteiger partial charge in [-0.25, -0.2) is 4.98 Å². The van der Waals surface area contributed by atoms with Crippen molar-refractivity contribution in [2.24, 2.45) is 0 Å². The smallest absolute Gasteiger partial charge is 0.226 e. The number of oxazole rings is 1. The number of aryl methyl sites for hydroxylation is 1. The third-order valence-corrected chi connectivity index (χ3v) is 4.52. The van der Waals surface area contributed by atoms with Crippen molar-refractivity contribution < 1.29 is 4.42 Å². The van der Waals surface area contributed by atoms with Gasteiger partial charge in [0.25, 0.3) is 0 Å². The van der Waals surface area contributed by atoms with E-state index in [0.29, 0.717) is 0 Å². The summed E-state index contributed by atoms with van der Waals surface area (Å²) >= 11 is 0. The van der Waals surface area contributed by atoms with Crippen LogP contribution < -0.4 is 0 Å². The van der Waals surface area contributed by atoms with Crippen molar-refractivity contribution in [3.05, 3.63) is 77.2 Å². The van der Waals surface area contributed by atoms with E-state index in [1.807, 2.05) is 12.1 Å². The van der Waals surface area contributed by atoms with E-state index in [2.05, 4.69) is 53.2 Å². The maximum atomic E-state index is 5.70. The van der Waals surface area contributed by atoms with Gasteiger partial charge in [0.2, 0.25) is 5.89 Å². The molecule has 0 unspecified atom stereocenters. The van der Waals surface area contributed by atoms with E-state index in [-0.39, 0.29) is 0 Å². The molecule has 2 aromatic carbocycles. The molecule has 2 heterocycles. The lowest BCUT2D eigenvalue weighted by Crippen LogP contribution is -2.30. The average Bonchev–Trinajstić information content (AvgIpc) is 3.03. The molecule has 0 aliphatic carbocycles. The molecule has 116 valence electrons. The van der Waals surface area contributed by atoms with Gasteiger partial charge in [-0.15, -0.1) is 0 Å². The number of rotatable bonds is 3. The summed E-state index contributed by atoms with van der Waals surface area (Å²) in [6, 6.07) is 16.9. The molecule has 0 radical (unpaired) electrons. The number of nitrogens with zero attached hydrogens (tertiary/aromatic N) is 2. The van der Waals surface area contributed by atoms with Crippen molar-refractivity contribution in [1.29, 1.82) is 0 Å². The number of benzene rings is 2. The average molecular weight is 304 g/mol. The maximum Gasteiger partial charge on any atom is 0.226 e. The Balaban J connectivity index is 1.50. The minimum Gasteiger partial charge on any atom is -0.444 e. The van der Waals surface area contributed by atoms with Crippen molar-refractivity contribution in [3.8, 4) is 11.5 Å². The minimum absolute atomic E-state index is 0.718. The van der Waals surface area contributed by atoms with Crippen LogP contribution in [0.15, 0.2) is 59.2 Å². The molecule has 0 N–H and O–H groups in total. The Morgan fingerprint density at radius 3 is 2.70 bits per heavy atom. The van der Waals surface area contributed by atoms with E-state index >= 15 is 0 Å². The number of aromatic nitrogens is 1. The van der Waals surface area contributed by atoms with Crippen LogP contribution in [0.4, 0.5) is 0 Å². The van der Waals surface area contributed by atoms with Gasteiger partial charge in [-0.2, -0.15) is 0 Å². The van der Waals surface area contributed by atoms with Crippen molar-refractivity contribution in [3.63, 3.8) is 0 Å². The summed E-state index contributed by atoms with van der Waals surface area (Å²) in [4.78, 5) is 7.12. The molecule has 23 heavy (non-hydrogen) atoms. The molecular weight excluding hydrogens is 284 g/mol. The molecule has 0 saturated carbocycles. The largest absolute Gasteiger partial charge is 0.444 e. The molecule has 3 aromatic rings. The number of hydrogen-bond donors (Lipinski definition) is 0. The Morgan fingerprint density at radius 1 is 1.04 bits per heavy atom. The summed E-state index contributed by atoms with van der Waals surface area (Å²) in [5, 5.41) is 0. The van der Waals surface area contributed by atoms with Crippen LogP contribution in [0.1, 0.15) is 22.4 Å². The van der Waals surface area contributed by atoms with Crippen LogP contribution >= 0.6 is 0 Å². The van der Waals surface area contributed by atoms with Crippen molar-refractivity contribution >= 4 is 0 Å². The molecule has 0 spiro atoms. The second-order valence-electron chi connectivity index (χ2n) is 6.19. The van der Waals surface area contributed by atoms with Gasteiger partial charge in [0.15, 0.2) is 0 Å². The summed E-state index contributed by atoms with van der Waals surface area (Å²) < 4.78 is 5.70. The van der Waals surface area contributed by atoms with E-state index in [0.717, 1.165) is 43.2 Å². The highest BCUT2D eigenvalue weighted by atomic mass is 16.3. The first-order chi connectivity index (χ1) is 11.3. The Bertz CT molecular complexity index is 822. The molecule has 0 saturated heterocycles. The summed E-state index contributed by atoms with van der Waals surface area (Å²) in [6.07, 6.45) is 2.90. The van der Waals surface area contributed by atoms with E-state index in [4.69, 9.17) is 4.42 Å². The van der Waals surface area contributed by atoms with Crippen molar-refractivity contribution in [2.45, 2.75) is 26.4 Å². The molecule has 1 aliphatic rings. The van der Waals surface area contributed by atoms with Gasteiger partial charge in [0.05, 0.1) is 5.69 Å². The van der Waals surface area contributed by atoms with Gasteiger partial charge in [0, 0.05) is 25.2 Å².